The summed E-state index contributed by atoms with van der Waals surface area (Å²) in [6, 6.07) is 7.98. The van der Waals surface area contributed by atoms with Crippen LogP contribution in [0.3, 0.4) is 0 Å². The second-order valence-corrected chi connectivity index (χ2v) is 6.51. The number of carbonyl (C=O) groups excluding carboxylic acids is 1. The zero-order valence-corrected chi connectivity index (χ0v) is 14.2. The fourth-order valence-electron chi connectivity index (χ4n) is 3.28. The zero-order chi connectivity index (χ0) is 16.6. The normalized spacial score (nSPS) is 15.7. The van der Waals surface area contributed by atoms with Crippen LogP contribution in [0.25, 0.3) is 11.0 Å². The van der Waals surface area contributed by atoms with Crippen LogP contribution in [0.15, 0.2) is 30.6 Å². The minimum absolute atomic E-state index is 0.0884. The van der Waals surface area contributed by atoms with E-state index in [4.69, 9.17) is 4.74 Å². The first-order valence-electron chi connectivity index (χ1n) is 9.11. The second kappa shape index (κ2) is 8.83. The summed E-state index contributed by atoms with van der Waals surface area (Å²) in [6.45, 7) is 2.10. The molecule has 130 valence electrons. The fourth-order valence-corrected chi connectivity index (χ4v) is 3.28. The Kier molecular flexibility index (Phi) is 6.24. The van der Waals surface area contributed by atoms with Crippen LogP contribution in [-0.4, -0.2) is 34.7 Å². The Morgan fingerprint density at radius 3 is 2.96 bits per heavy atom. The zero-order valence-electron chi connectivity index (χ0n) is 14.2. The third-order valence-corrected chi connectivity index (χ3v) is 4.66. The molecule has 5 heteroatoms. The number of benzene rings is 1. The Morgan fingerprint density at radius 1 is 1.25 bits per heavy atom. The maximum absolute atomic E-state index is 12.0. The van der Waals surface area contributed by atoms with E-state index in [0.717, 1.165) is 24.1 Å². The van der Waals surface area contributed by atoms with E-state index in [9.17, 15) is 4.79 Å². The van der Waals surface area contributed by atoms with Crippen LogP contribution in [0.2, 0.25) is 0 Å². The molecular formula is C19H27N3O2. The number of aromatic nitrogens is 2. The van der Waals surface area contributed by atoms with Crippen molar-refractivity contribution in [1.82, 2.24) is 14.9 Å². The molecule has 5 nitrogen and oxygen atoms in total. The van der Waals surface area contributed by atoms with Gasteiger partial charge in [0.1, 0.15) is 0 Å². The smallest absolute Gasteiger partial charge is 0.221 e. The van der Waals surface area contributed by atoms with Crippen molar-refractivity contribution in [1.29, 1.82) is 0 Å². The first-order valence-corrected chi connectivity index (χ1v) is 9.11. The highest BCUT2D eigenvalue weighted by molar-refractivity contribution is 5.77. The number of nitrogens with zero attached hydrogens (tertiary/aromatic N) is 2. The fraction of sp³-hybridized carbons (Fsp3) is 0.579. The van der Waals surface area contributed by atoms with Crippen LogP contribution >= 0.6 is 0 Å². The Morgan fingerprint density at radius 2 is 2.08 bits per heavy atom. The summed E-state index contributed by atoms with van der Waals surface area (Å²) in [5.74, 6) is 0.0884. The molecule has 1 fully saturated rings. The third kappa shape index (κ3) is 4.81. The topological polar surface area (TPSA) is 56.2 Å². The minimum Gasteiger partial charge on any atom is -0.378 e. The molecule has 1 aromatic heterocycles. The van der Waals surface area contributed by atoms with Gasteiger partial charge in [0.15, 0.2) is 0 Å². The monoisotopic (exact) mass is 329 g/mol. The summed E-state index contributed by atoms with van der Waals surface area (Å²) in [6.07, 6.45) is 9.95. The summed E-state index contributed by atoms with van der Waals surface area (Å²) in [5, 5.41) is 2.98. The van der Waals surface area contributed by atoms with Crippen molar-refractivity contribution in [3.63, 3.8) is 0 Å². The molecule has 0 atom stereocenters. The molecule has 1 aliphatic carbocycles. The molecule has 1 aromatic carbocycles. The minimum atomic E-state index is 0.0884. The number of carbonyl (C=O) groups is 1. The molecule has 0 bridgehead atoms. The van der Waals surface area contributed by atoms with Gasteiger partial charge >= 0.3 is 0 Å². The molecule has 0 spiro atoms. The molecule has 3 rings (SSSR count). The summed E-state index contributed by atoms with van der Waals surface area (Å²) in [4.78, 5) is 16.3. The van der Waals surface area contributed by atoms with Gasteiger partial charge in [0.25, 0.3) is 0 Å². The second-order valence-electron chi connectivity index (χ2n) is 6.51. The largest absolute Gasteiger partial charge is 0.378 e. The van der Waals surface area contributed by atoms with Gasteiger partial charge in [-0.05, 0) is 31.4 Å². The number of hydrogen-bond donors (Lipinski definition) is 1. The van der Waals surface area contributed by atoms with E-state index >= 15 is 0 Å². The van der Waals surface area contributed by atoms with Crippen LogP contribution in [0, 0.1) is 0 Å². The number of ether oxygens (including phenoxy) is 1. The van der Waals surface area contributed by atoms with E-state index in [-0.39, 0.29) is 5.91 Å². The Bertz CT molecular complexity index is 647. The Balaban J connectivity index is 1.30. The van der Waals surface area contributed by atoms with Gasteiger partial charge in [-0.1, -0.05) is 31.4 Å². The molecule has 24 heavy (non-hydrogen) atoms. The Hall–Kier alpha value is -1.88. The molecule has 1 N–H and O–H groups in total. The van der Waals surface area contributed by atoms with Gasteiger partial charge in [-0.25, -0.2) is 4.98 Å². The molecule has 2 aromatic rings. The molecule has 0 unspecified atom stereocenters. The third-order valence-electron chi connectivity index (χ3n) is 4.66. The highest BCUT2D eigenvalue weighted by Gasteiger charge is 2.13. The molecule has 1 amide bonds. The van der Waals surface area contributed by atoms with E-state index in [1.165, 1.54) is 32.1 Å². The number of amides is 1. The number of imidazole rings is 1. The van der Waals surface area contributed by atoms with Crippen LogP contribution in [0.1, 0.15) is 44.9 Å². The van der Waals surface area contributed by atoms with Crippen molar-refractivity contribution in [2.45, 2.75) is 57.6 Å². The Labute approximate surface area is 143 Å². The average molecular weight is 329 g/mol. The SMILES string of the molecule is O=C(CCn1cnc2ccccc21)NCCCOC1CCCCC1. The van der Waals surface area contributed by atoms with E-state index in [1.807, 2.05) is 28.8 Å². The van der Waals surface area contributed by atoms with E-state index < -0.39 is 0 Å². The lowest BCUT2D eigenvalue weighted by atomic mass is 9.98. The summed E-state index contributed by atoms with van der Waals surface area (Å²) >= 11 is 0. The predicted molar refractivity (Wildman–Crippen MR) is 94.8 cm³/mol. The molecule has 0 saturated heterocycles. The van der Waals surface area contributed by atoms with E-state index in [2.05, 4.69) is 10.3 Å². The first-order chi connectivity index (χ1) is 11.8. The predicted octanol–water partition coefficient (Wildman–Crippen LogP) is 3.28. The van der Waals surface area contributed by atoms with Crippen molar-refractivity contribution in [2.24, 2.45) is 0 Å². The van der Waals surface area contributed by atoms with Gasteiger partial charge in [0, 0.05) is 26.1 Å². The highest BCUT2D eigenvalue weighted by atomic mass is 16.5. The summed E-state index contributed by atoms with van der Waals surface area (Å²) in [7, 11) is 0. The number of hydrogen-bond acceptors (Lipinski definition) is 3. The van der Waals surface area contributed by atoms with Crippen molar-refractivity contribution in [3.05, 3.63) is 30.6 Å². The van der Waals surface area contributed by atoms with Crippen LogP contribution in [0.4, 0.5) is 0 Å². The molecular weight excluding hydrogens is 302 g/mol. The first kappa shape index (κ1) is 17.0. The van der Waals surface area contributed by atoms with Gasteiger partial charge in [-0.3, -0.25) is 4.79 Å². The van der Waals surface area contributed by atoms with Gasteiger partial charge in [-0.15, -0.1) is 0 Å². The highest BCUT2D eigenvalue weighted by Crippen LogP contribution is 2.20. The van der Waals surface area contributed by atoms with Crippen molar-refractivity contribution in [2.75, 3.05) is 13.2 Å². The molecule has 0 aliphatic heterocycles. The molecule has 0 radical (unpaired) electrons. The van der Waals surface area contributed by atoms with Crippen LogP contribution in [-0.2, 0) is 16.1 Å². The van der Waals surface area contributed by atoms with E-state index in [1.54, 1.807) is 6.33 Å². The summed E-state index contributed by atoms with van der Waals surface area (Å²) < 4.78 is 7.90. The lowest BCUT2D eigenvalue weighted by Crippen LogP contribution is -2.27. The van der Waals surface area contributed by atoms with Crippen LogP contribution in [0.5, 0.6) is 0 Å². The molecule has 1 heterocycles. The summed E-state index contributed by atoms with van der Waals surface area (Å²) in [5.41, 5.74) is 2.05. The van der Waals surface area contributed by atoms with Crippen LogP contribution < -0.4 is 5.32 Å². The van der Waals surface area contributed by atoms with Crippen molar-refractivity contribution < 1.29 is 9.53 Å². The van der Waals surface area contributed by atoms with Gasteiger partial charge < -0.3 is 14.6 Å². The maximum atomic E-state index is 12.0. The average Bonchev–Trinajstić information content (AvgIpc) is 3.04. The van der Waals surface area contributed by atoms with Gasteiger partial charge in [-0.2, -0.15) is 0 Å². The lowest BCUT2D eigenvalue weighted by molar-refractivity contribution is -0.121. The standard InChI is InChI=1S/C19H27N3O2/c23-19(20-12-6-14-24-16-7-2-1-3-8-16)11-13-22-15-21-17-9-4-5-10-18(17)22/h4-5,9-10,15-16H,1-3,6-8,11-14H2,(H,20,23). The number of aryl methyl sites for hydroxylation is 1. The van der Waals surface area contributed by atoms with Crippen molar-refractivity contribution in [3.8, 4) is 0 Å². The molecule has 1 aliphatic rings. The number of fused-ring (bicyclic) bond motifs is 1. The number of rotatable bonds is 8. The molecule has 1 saturated carbocycles. The quantitative estimate of drug-likeness (QED) is 0.756. The van der Waals surface area contributed by atoms with Crippen molar-refractivity contribution >= 4 is 16.9 Å². The number of para-hydroxylation sites is 2. The van der Waals surface area contributed by atoms with E-state index in [0.29, 0.717) is 25.6 Å². The lowest BCUT2D eigenvalue weighted by Gasteiger charge is -2.21. The number of nitrogens with one attached hydrogen (secondary N) is 1. The van der Waals surface area contributed by atoms with Gasteiger partial charge in [0.2, 0.25) is 5.91 Å². The van der Waals surface area contributed by atoms with Gasteiger partial charge in [0.05, 0.1) is 23.5 Å². The maximum Gasteiger partial charge on any atom is 0.221 e.